The van der Waals surface area contributed by atoms with Gasteiger partial charge in [-0.3, -0.25) is 9.59 Å². The number of hydrogen-bond donors (Lipinski definition) is 0. The average molecular weight is 349 g/mol. The van der Waals surface area contributed by atoms with Crippen LogP contribution in [0.15, 0.2) is 85.2 Å². The zero-order chi connectivity index (χ0) is 17.9. The minimum Gasteiger partial charge on any atom is -0.467 e. The predicted octanol–water partition coefficient (Wildman–Crippen LogP) is 3.82. The topological polar surface area (TPSA) is 76.8 Å². The van der Waals surface area contributed by atoms with Crippen molar-refractivity contribution in [2.75, 3.05) is 0 Å². The highest BCUT2D eigenvalue weighted by Gasteiger charge is 2.22. The molecule has 1 aromatic carbocycles. The number of nitrogens with zero attached hydrogens (tertiary/aromatic N) is 1. The van der Waals surface area contributed by atoms with Gasteiger partial charge in [-0.05, 0) is 36.4 Å². The van der Waals surface area contributed by atoms with Crippen LogP contribution in [0.2, 0.25) is 0 Å². The largest absolute Gasteiger partial charge is 0.467 e. The lowest BCUT2D eigenvalue weighted by molar-refractivity contribution is 0.0673. The smallest absolute Gasteiger partial charge is 0.290 e. The van der Waals surface area contributed by atoms with Crippen LogP contribution in [-0.4, -0.2) is 10.8 Å². The number of hydrogen-bond acceptors (Lipinski definition) is 5. The summed E-state index contributed by atoms with van der Waals surface area (Å²) in [4.78, 5) is 26.8. The Hall–Kier alpha value is -3.54. The number of amides is 1. The third-order valence-corrected chi connectivity index (χ3v) is 3.99. The number of carbonyl (C=O) groups excluding carboxylic acids is 1. The van der Waals surface area contributed by atoms with Gasteiger partial charge in [0.1, 0.15) is 17.1 Å². The van der Waals surface area contributed by atoms with Crippen molar-refractivity contribution in [3.8, 4) is 0 Å². The molecule has 130 valence electrons. The van der Waals surface area contributed by atoms with E-state index >= 15 is 0 Å². The van der Waals surface area contributed by atoms with Crippen molar-refractivity contribution in [1.82, 2.24) is 4.90 Å². The SMILES string of the molecule is O=C(c1cc(=O)c2ccccc2o1)N(Cc1ccco1)Cc1ccco1. The summed E-state index contributed by atoms with van der Waals surface area (Å²) >= 11 is 0. The highest BCUT2D eigenvalue weighted by atomic mass is 16.4. The van der Waals surface area contributed by atoms with Gasteiger partial charge >= 0.3 is 0 Å². The second-order valence-electron chi connectivity index (χ2n) is 5.79. The van der Waals surface area contributed by atoms with E-state index in [1.165, 1.54) is 11.0 Å². The van der Waals surface area contributed by atoms with E-state index in [1.807, 2.05) is 0 Å². The van der Waals surface area contributed by atoms with Gasteiger partial charge in [-0.2, -0.15) is 0 Å². The molecule has 4 aromatic rings. The number of para-hydroxylation sites is 1. The average Bonchev–Trinajstić information content (AvgIpc) is 3.34. The van der Waals surface area contributed by atoms with E-state index in [1.54, 1.807) is 61.1 Å². The Bertz CT molecular complexity index is 1040. The lowest BCUT2D eigenvalue weighted by Crippen LogP contribution is -2.30. The standard InChI is InChI=1S/C20H15NO5/c22-17-11-19(26-18-8-2-1-7-16(17)18)20(23)21(12-14-5-3-9-24-14)13-15-6-4-10-25-15/h1-11H,12-13H2. The van der Waals surface area contributed by atoms with E-state index in [4.69, 9.17) is 13.3 Å². The summed E-state index contributed by atoms with van der Waals surface area (Å²) in [5.41, 5.74) is 0.116. The van der Waals surface area contributed by atoms with Crippen LogP contribution in [0.3, 0.4) is 0 Å². The van der Waals surface area contributed by atoms with Crippen molar-refractivity contribution in [3.05, 3.63) is 94.6 Å². The Labute approximate surface area is 148 Å². The summed E-state index contributed by atoms with van der Waals surface area (Å²) in [6, 6.07) is 15.1. The molecule has 0 unspecified atom stereocenters. The quantitative estimate of drug-likeness (QED) is 0.547. The lowest BCUT2D eigenvalue weighted by Gasteiger charge is -2.20. The van der Waals surface area contributed by atoms with Gasteiger partial charge in [-0.25, -0.2) is 0 Å². The fraction of sp³-hybridized carbons (Fsp3) is 0.100. The van der Waals surface area contributed by atoms with Crippen LogP contribution < -0.4 is 5.43 Å². The Morgan fingerprint density at radius 2 is 1.54 bits per heavy atom. The molecule has 6 nitrogen and oxygen atoms in total. The van der Waals surface area contributed by atoms with Crippen LogP contribution >= 0.6 is 0 Å². The molecule has 0 saturated heterocycles. The van der Waals surface area contributed by atoms with Crippen LogP contribution in [0, 0.1) is 0 Å². The summed E-state index contributed by atoms with van der Waals surface area (Å²) in [5, 5.41) is 0.438. The summed E-state index contributed by atoms with van der Waals surface area (Å²) in [5.74, 6) is 0.800. The van der Waals surface area contributed by atoms with E-state index in [2.05, 4.69) is 0 Å². The Morgan fingerprint density at radius 3 is 2.15 bits per heavy atom. The second kappa shape index (κ2) is 6.76. The van der Waals surface area contributed by atoms with E-state index < -0.39 is 5.91 Å². The number of fused-ring (bicyclic) bond motifs is 1. The monoisotopic (exact) mass is 349 g/mol. The molecule has 3 heterocycles. The van der Waals surface area contributed by atoms with Crippen LogP contribution in [0.5, 0.6) is 0 Å². The molecule has 26 heavy (non-hydrogen) atoms. The van der Waals surface area contributed by atoms with Gasteiger partial charge in [-0.1, -0.05) is 12.1 Å². The van der Waals surface area contributed by atoms with Crippen molar-refractivity contribution in [1.29, 1.82) is 0 Å². The maximum absolute atomic E-state index is 13.0. The van der Waals surface area contributed by atoms with Gasteiger partial charge in [0.05, 0.1) is 31.0 Å². The molecule has 0 fully saturated rings. The number of furan rings is 2. The Morgan fingerprint density at radius 1 is 0.885 bits per heavy atom. The zero-order valence-corrected chi connectivity index (χ0v) is 13.8. The van der Waals surface area contributed by atoms with Crippen LogP contribution in [0.25, 0.3) is 11.0 Å². The number of carbonyl (C=O) groups is 1. The zero-order valence-electron chi connectivity index (χ0n) is 13.8. The minimum absolute atomic E-state index is 0.0215. The fourth-order valence-electron chi connectivity index (χ4n) is 2.75. The summed E-state index contributed by atoms with van der Waals surface area (Å²) in [6.07, 6.45) is 3.09. The van der Waals surface area contributed by atoms with Gasteiger partial charge in [0, 0.05) is 6.07 Å². The molecule has 3 aromatic heterocycles. The van der Waals surface area contributed by atoms with Gasteiger partial charge in [-0.15, -0.1) is 0 Å². The first-order chi connectivity index (χ1) is 12.7. The number of benzene rings is 1. The fourth-order valence-corrected chi connectivity index (χ4v) is 2.75. The molecule has 0 aliphatic heterocycles. The maximum Gasteiger partial charge on any atom is 0.290 e. The van der Waals surface area contributed by atoms with Gasteiger partial charge in [0.15, 0.2) is 11.2 Å². The molecular weight excluding hydrogens is 334 g/mol. The van der Waals surface area contributed by atoms with E-state index in [0.717, 1.165) is 0 Å². The molecule has 0 bridgehead atoms. The molecule has 6 heteroatoms. The highest BCUT2D eigenvalue weighted by Crippen LogP contribution is 2.17. The summed E-state index contributed by atoms with van der Waals surface area (Å²) in [7, 11) is 0. The molecular formula is C20H15NO5. The molecule has 0 atom stereocenters. The van der Waals surface area contributed by atoms with Gasteiger partial charge in [0.25, 0.3) is 5.91 Å². The molecule has 0 aliphatic carbocycles. The second-order valence-corrected chi connectivity index (χ2v) is 5.79. The van der Waals surface area contributed by atoms with E-state index in [-0.39, 0.29) is 24.3 Å². The lowest BCUT2D eigenvalue weighted by atomic mass is 10.2. The Kier molecular flexibility index (Phi) is 4.15. The maximum atomic E-state index is 13.0. The molecule has 0 N–H and O–H groups in total. The summed E-state index contributed by atoms with van der Waals surface area (Å²) in [6.45, 7) is 0.451. The molecule has 4 rings (SSSR count). The van der Waals surface area contributed by atoms with Gasteiger partial charge in [0.2, 0.25) is 0 Å². The summed E-state index contributed by atoms with van der Waals surface area (Å²) < 4.78 is 16.4. The van der Waals surface area contributed by atoms with Crippen molar-refractivity contribution < 1.29 is 18.0 Å². The molecule has 1 amide bonds. The van der Waals surface area contributed by atoms with Crippen molar-refractivity contribution in [3.63, 3.8) is 0 Å². The van der Waals surface area contributed by atoms with Gasteiger partial charge < -0.3 is 18.2 Å². The molecule has 0 saturated carbocycles. The molecule has 0 aliphatic rings. The van der Waals surface area contributed by atoms with E-state index in [0.29, 0.717) is 22.5 Å². The predicted molar refractivity (Wildman–Crippen MR) is 93.5 cm³/mol. The van der Waals surface area contributed by atoms with Crippen LogP contribution in [0.1, 0.15) is 22.1 Å². The Balaban J connectivity index is 1.70. The first-order valence-electron chi connectivity index (χ1n) is 8.07. The van der Waals surface area contributed by atoms with Crippen molar-refractivity contribution in [2.24, 2.45) is 0 Å². The third-order valence-electron chi connectivity index (χ3n) is 3.99. The first-order valence-corrected chi connectivity index (χ1v) is 8.07. The molecule has 0 spiro atoms. The van der Waals surface area contributed by atoms with Crippen LogP contribution in [-0.2, 0) is 13.1 Å². The van der Waals surface area contributed by atoms with Crippen molar-refractivity contribution >= 4 is 16.9 Å². The normalized spacial score (nSPS) is 10.9. The number of rotatable bonds is 5. The van der Waals surface area contributed by atoms with Crippen molar-refractivity contribution in [2.45, 2.75) is 13.1 Å². The van der Waals surface area contributed by atoms with Crippen LogP contribution in [0.4, 0.5) is 0 Å². The van der Waals surface area contributed by atoms with E-state index in [9.17, 15) is 9.59 Å². The molecule has 0 radical (unpaired) electrons. The highest BCUT2D eigenvalue weighted by molar-refractivity contribution is 5.93. The first kappa shape index (κ1) is 16.0. The minimum atomic E-state index is -0.416. The third kappa shape index (κ3) is 3.17.